The van der Waals surface area contributed by atoms with Gasteiger partial charge in [0.05, 0.1) is 5.92 Å². The SMILES string of the molecule is CCCCCSCC(C)C(=O)OCc1ccccc1. The Labute approximate surface area is 120 Å². The van der Waals surface area contributed by atoms with E-state index in [-0.39, 0.29) is 11.9 Å². The quantitative estimate of drug-likeness (QED) is 0.498. The second kappa shape index (κ2) is 9.90. The number of carbonyl (C=O) groups excluding carboxylic acids is 1. The van der Waals surface area contributed by atoms with Crippen molar-refractivity contribution in [3.63, 3.8) is 0 Å². The van der Waals surface area contributed by atoms with Crippen LogP contribution in [0.2, 0.25) is 0 Å². The Morgan fingerprint density at radius 2 is 2.00 bits per heavy atom. The summed E-state index contributed by atoms with van der Waals surface area (Å²) in [5, 5.41) is 0. The maximum absolute atomic E-state index is 11.8. The fraction of sp³-hybridized carbons (Fsp3) is 0.562. The minimum Gasteiger partial charge on any atom is -0.461 e. The number of esters is 1. The highest BCUT2D eigenvalue weighted by Crippen LogP contribution is 2.13. The molecule has 1 unspecified atom stereocenters. The second-order valence-electron chi connectivity index (χ2n) is 4.78. The molecule has 0 amide bonds. The molecule has 3 heteroatoms. The Morgan fingerprint density at radius 1 is 1.26 bits per heavy atom. The lowest BCUT2D eigenvalue weighted by atomic mass is 10.2. The Hall–Kier alpha value is -0.960. The van der Waals surface area contributed by atoms with Crippen molar-refractivity contribution in [3.8, 4) is 0 Å². The number of benzene rings is 1. The third-order valence-electron chi connectivity index (χ3n) is 2.89. The van der Waals surface area contributed by atoms with Crippen molar-refractivity contribution in [1.82, 2.24) is 0 Å². The summed E-state index contributed by atoms with van der Waals surface area (Å²) < 4.78 is 5.32. The normalized spacial score (nSPS) is 12.1. The summed E-state index contributed by atoms with van der Waals surface area (Å²) in [6.45, 7) is 4.53. The van der Waals surface area contributed by atoms with Gasteiger partial charge in [0, 0.05) is 5.75 Å². The van der Waals surface area contributed by atoms with Gasteiger partial charge in [-0.25, -0.2) is 0 Å². The fourth-order valence-electron chi connectivity index (χ4n) is 1.65. The van der Waals surface area contributed by atoms with Crippen molar-refractivity contribution in [1.29, 1.82) is 0 Å². The van der Waals surface area contributed by atoms with E-state index < -0.39 is 0 Å². The first kappa shape index (κ1) is 16.1. The van der Waals surface area contributed by atoms with E-state index in [1.165, 1.54) is 19.3 Å². The summed E-state index contributed by atoms with van der Waals surface area (Å²) in [7, 11) is 0. The highest BCUT2D eigenvalue weighted by atomic mass is 32.2. The van der Waals surface area contributed by atoms with E-state index in [1.807, 2.05) is 49.0 Å². The molecule has 1 rings (SSSR count). The van der Waals surface area contributed by atoms with Crippen LogP contribution in [0, 0.1) is 5.92 Å². The molecule has 0 heterocycles. The summed E-state index contributed by atoms with van der Waals surface area (Å²) in [6.07, 6.45) is 3.77. The first-order valence-electron chi connectivity index (χ1n) is 7.02. The van der Waals surface area contributed by atoms with Crippen LogP contribution in [0.5, 0.6) is 0 Å². The fourth-order valence-corrected chi connectivity index (χ4v) is 2.72. The average Bonchev–Trinajstić information content (AvgIpc) is 2.45. The summed E-state index contributed by atoms with van der Waals surface area (Å²) in [5.74, 6) is 1.89. The van der Waals surface area contributed by atoms with Crippen LogP contribution in [0.3, 0.4) is 0 Å². The van der Waals surface area contributed by atoms with Crippen molar-refractivity contribution in [2.45, 2.75) is 39.7 Å². The van der Waals surface area contributed by atoms with Gasteiger partial charge in [-0.2, -0.15) is 11.8 Å². The number of thioether (sulfide) groups is 1. The number of hydrogen-bond donors (Lipinski definition) is 0. The highest BCUT2D eigenvalue weighted by Gasteiger charge is 2.14. The molecule has 1 atom stereocenters. The number of rotatable bonds is 9. The van der Waals surface area contributed by atoms with Crippen LogP contribution in [0.4, 0.5) is 0 Å². The van der Waals surface area contributed by atoms with Gasteiger partial charge in [-0.15, -0.1) is 0 Å². The number of carbonyl (C=O) groups is 1. The first-order valence-corrected chi connectivity index (χ1v) is 8.17. The molecule has 0 saturated heterocycles. The second-order valence-corrected chi connectivity index (χ2v) is 5.93. The van der Waals surface area contributed by atoms with E-state index in [9.17, 15) is 4.79 Å². The lowest BCUT2D eigenvalue weighted by molar-refractivity contribution is -0.148. The number of unbranched alkanes of at least 4 members (excludes halogenated alkanes) is 2. The van der Waals surface area contributed by atoms with E-state index in [0.717, 1.165) is 17.1 Å². The number of ether oxygens (including phenoxy) is 1. The molecule has 0 spiro atoms. The molecular formula is C16H24O2S. The maximum atomic E-state index is 11.8. The monoisotopic (exact) mass is 280 g/mol. The molecule has 2 nitrogen and oxygen atoms in total. The van der Waals surface area contributed by atoms with Crippen molar-refractivity contribution in [2.24, 2.45) is 5.92 Å². The van der Waals surface area contributed by atoms with Crippen LogP contribution < -0.4 is 0 Å². The van der Waals surface area contributed by atoms with Gasteiger partial charge in [0.25, 0.3) is 0 Å². The van der Waals surface area contributed by atoms with Gasteiger partial charge in [0.15, 0.2) is 0 Å². The summed E-state index contributed by atoms with van der Waals surface area (Å²) in [5.41, 5.74) is 1.04. The molecule has 0 radical (unpaired) electrons. The zero-order chi connectivity index (χ0) is 13.9. The Balaban J connectivity index is 2.14. The van der Waals surface area contributed by atoms with Gasteiger partial charge in [-0.3, -0.25) is 4.79 Å². The molecule has 1 aromatic rings. The highest BCUT2D eigenvalue weighted by molar-refractivity contribution is 7.99. The Morgan fingerprint density at radius 3 is 2.68 bits per heavy atom. The van der Waals surface area contributed by atoms with Crippen LogP contribution in [0.25, 0.3) is 0 Å². The van der Waals surface area contributed by atoms with Gasteiger partial charge < -0.3 is 4.74 Å². The minimum absolute atomic E-state index is 0.0182. The Kier molecular flexibility index (Phi) is 8.39. The van der Waals surface area contributed by atoms with Crippen molar-refractivity contribution < 1.29 is 9.53 Å². The topological polar surface area (TPSA) is 26.3 Å². The maximum Gasteiger partial charge on any atom is 0.309 e. The predicted molar refractivity (Wildman–Crippen MR) is 82.3 cm³/mol. The van der Waals surface area contributed by atoms with Crippen LogP contribution in [-0.4, -0.2) is 17.5 Å². The zero-order valence-electron chi connectivity index (χ0n) is 11.9. The van der Waals surface area contributed by atoms with Crippen LogP contribution in [0.15, 0.2) is 30.3 Å². The molecule has 0 fully saturated rings. The number of hydrogen-bond acceptors (Lipinski definition) is 3. The minimum atomic E-state index is -0.0909. The molecule has 19 heavy (non-hydrogen) atoms. The molecule has 0 aliphatic rings. The van der Waals surface area contributed by atoms with Crippen LogP contribution >= 0.6 is 11.8 Å². The van der Waals surface area contributed by atoms with E-state index >= 15 is 0 Å². The van der Waals surface area contributed by atoms with Crippen molar-refractivity contribution in [3.05, 3.63) is 35.9 Å². The summed E-state index contributed by atoms with van der Waals surface area (Å²) >= 11 is 1.85. The molecule has 0 aliphatic carbocycles. The molecule has 1 aromatic carbocycles. The molecule has 0 saturated carbocycles. The molecular weight excluding hydrogens is 256 g/mol. The van der Waals surface area contributed by atoms with Gasteiger partial charge >= 0.3 is 5.97 Å². The third kappa shape index (κ3) is 7.26. The largest absolute Gasteiger partial charge is 0.461 e. The van der Waals surface area contributed by atoms with Gasteiger partial charge in [-0.05, 0) is 17.7 Å². The van der Waals surface area contributed by atoms with E-state index in [1.54, 1.807) is 0 Å². The zero-order valence-corrected chi connectivity index (χ0v) is 12.7. The lowest BCUT2D eigenvalue weighted by Gasteiger charge is -2.11. The molecule has 0 N–H and O–H groups in total. The molecule has 0 bridgehead atoms. The smallest absolute Gasteiger partial charge is 0.309 e. The standard InChI is InChI=1S/C16H24O2S/c1-3-4-8-11-19-13-14(2)16(17)18-12-15-9-6-5-7-10-15/h5-7,9-10,14H,3-4,8,11-13H2,1-2H3. The first-order chi connectivity index (χ1) is 9.24. The lowest BCUT2D eigenvalue weighted by Crippen LogP contribution is -2.17. The van der Waals surface area contributed by atoms with Gasteiger partial charge in [-0.1, -0.05) is 57.0 Å². The molecule has 0 aliphatic heterocycles. The van der Waals surface area contributed by atoms with Gasteiger partial charge in [0.1, 0.15) is 6.61 Å². The molecule has 106 valence electrons. The van der Waals surface area contributed by atoms with E-state index in [2.05, 4.69) is 6.92 Å². The van der Waals surface area contributed by atoms with Crippen molar-refractivity contribution in [2.75, 3.05) is 11.5 Å². The van der Waals surface area contributed by atoms with Crippen molar-refractivity contribution >= 4 is 17.7 Å². The van der Waals surface area contributed by atoms with Gasteiger partial charge in [0.2, 0.25) is 0 Å². The average molecular weight is 280 g/mol. The summed E-state index contributed by atoms with van der Waals surface area (Å²) in [6, 6.07) is 9.81. The van der Waals surface area contributed by atoms with Crippen LogP contribution in [0.1, 0.15) is 38.7 Å². The third-order valence-corrected chi connectivity index (χ3v) is 4.20. The predicted octanol–water partition coefficient (Wildman–Crippen LogP) is 4.29. The van der Waals surface area contributed by atoms with E-state index in [4.69, 9.17) is 4.74 Å². The molecule has 0 aromatic heterocycles. The van der Waals surface area contributed by atoms with Crippen LogP contribution in [-0.2, 0) is 16.1 Å². The van der Waals surface area contributed by atoms with E-state index in [0.29, 0.717) is 6.61 Å². The Bertz CT molecular complexity index is 351. The summed E-state index contributed by atoms with van der Waals surface area (Å²) in [4.78, 5) is 11.8.